The topological polar surface area (TPSA) is 40.1 Å². The molecule has 2 heterocycles. The van der Waals surface area contributed by atoms with Crippen LogP contribution in [-0.4, -0.2) is 85.3 Å². The standard InChI is InChI=1S/C17H34N4OS.HI/c1-13(2)16-11-20(7-9-23-16)17(18-5)19-10-14(3)21-6-8-22-12-15(21)4;/h13-16H,6-12H2,1-5H3,(H,18,19);1H. The van der Waals surface area contributed by atoms with Crippen molar-refractivity contribution < 1.29 is 4.74 Å². The Bertz CT molecular complexity index is 397. The van der Waals surface area contributed by atoms with Gasteiger partial charge in [-0.3, -0.25) is 9.89 Å². The van der Waals surface area contributed by atoms with Crippen molar-refractivity contribution >= 4 is 41.7 Å². The summed E-state index contributed by atoms with van der Waals surface area (Å²) in [6, 6.07) is 0.991. The molecule has 0 spiro atoms. The first kappa shape index (κ1) is 22.3. The minimum Gasteiger partial charge on any atom is -0.379 e. The van der Waals surface area contributed by atoms with Crippen LogP contribution in [0.2, 0.25) is 0 Å². The molecular weight excluding hydrogens is 435 g/mol. The van der Waals surface area contributed by atoms with Gasteiger partial charge in [-0.2, -0.15) is 11.8 Å². The lowest BCUT2D eigenvalue weighted by Gasteiger charge is -2.39. The van der Waals surface area contributed by atoms with Crippen molar-refractivity contribution in [3.8, 4) is 0 Å². The van der Waals surface area contributed by atoms with Crippen LogP contribution in [0.5, 0.6) is 0 Å². The van der Waals surface area contributed by atoms with Crippen LogP contribution in [0.15, 0.2) is 4.99 Å². The minimum atomic E-state index is 0. The van der Waals surface area contributed by atoms with Gasteiger partial charge in [0.05, 0.1) is 13.2 Å². The zero-order chi connectivity index (χ0) is 16.8. The van der Waals surface area contributed by atoms with E-state index in [1.807, 2.05) is 7.05 Å². The molecule has 24 heavy (non-hydrogen) atoms. The number of halogens is 1. The quantitative estimate of drug-likeness (QED) is 0.388. The number of thioether (sulfide) groups is 1. The van der Waals surface area contributed by atoms with Gasteiger partial charge in [0.1, 0.15) is 0 Å². The summed E-state index contributed by atoms with van der Waals surface area (Å²) >= 11 is 2.10. The van der Waals surface area contributed by atoms with E-state index in [0.29, 0.717) is 23.3 Å². The molecule has 0 aliphatic carbocycles. The highest BCUT2D eigenvalue weighted by Crippen LogP contribution is 2.24. The summed E-state index contributed by atoms with van der Waals surface area (Å²) in [5, 5.41) is 4.31. The van der Waals surface area contributed by atoms with E-state index < -0.39 is 0 Å². The van der Waals surface area contributed by atoms with Gasteiger partial charge in [0.15, 0.2) is 5.96 Å². The molecule has 2 saturated heterocycles. The van der Waals surface area contributed by atoms with E-state index in [2.05, 4.69) is 59.6 Å². The van der Waals surface area contributed by atoms with Crippen LogP contribution in [-0.2, 0) is 4.74 Å². The van der Waals surface area contributed by atoms with Gasteiger partial charge in [-0.15, -0.1) is 24.0 Å². The van der Waals surface area contributed by atoms with Gasteiger partial charge in [0.25, 0.3) is 0 Å². The van der Waals surface area contributed by atoms with Crippen molar-refractivity contribution in [3.63, 3.8) is 0 Å². The summed E-state index contributed by atoms with van der Waals surface area (Å²) < 4.78 is 5.54. The van der Waals surface area contributed by atoms with Gasteiger partial charge in [-0.1, -0.05) is 13.8 Å². The van der Waals surface area contributed by atoms with Gasteiger partial charge in [-0.05, 0) is 19.8 Å². The fourth-order valence-corrected chi connectivity index (χ4v) is 4.65. The zero-order valence-corrected chi connectivity index (χ0v) is 19.0. The van der Waals surface area contributed by atoms with Gasteiger partial charge in [-0.25, -0.2) is 0 Å². The van der Waals surface area contributed by atoms with E-state index >= 15 is 0 Å². The highest BCUT2D eigenvalue weighted by Gasteiger charge is 2.27. The molecule has 1 N–H and O–H groups in total. The fraction of sp³-hybridized carbons (Fsp3) is 0.941. The highest BCUT2D eigenvalue weighted by molar-refractivity contribution is 14.0. The van der Waals surface area contributed by atoms with Crippen molar-refractivity contribution in [2.24, 2.45) is 10.9 Å². The van der Waals surface area contributed by atoms with Crippen LogP contribution in [0, 0.1) is 5.92 Å². The molecule has 2 aliphatic heterocycles. The van der Waals surface area contributed by atoms with Crippen molar-refractivity contribution in [2.45, 2.75) is 45.0 Å². The summed E-state index contributed by atoms with van der Waals surface area (Å²) in [7, 11) is 1.90. The van der Waals surface area contributed by atoms with Crippen LogP contribution < -0.4 is 5.32 Å². The Morgan fingerprint density at radius 2 is 2.08 bits per heavy atom. The number of hydrogen-bond acceptors (Lipinski definition) is 4. The Morgan fingerprint density at radius 3 is 2.71 bits per heavy atom. The van der Waals surface area contributed by atoms with E-state index in [1.54, 1.807) is 0 Å². The molecular formula is C17H35IN4OS. The van der Waals surface area contributed by atoms with E-state index in [-0.39, 0.29) is 24.0 Å². The van der Waals surface area contributed by atoms with Crippen LogP contribution in [0.4, 0.5) is 0 Å². The van der Waals surface area contributed by atoms with Gasteiger partial charge < -0.3 is 15.0 Å². The molecule has 0 bridgehead atoms. The summed E-state index contributed by atoms with van der Waals surface area (Å²) in [6.07, 6.45) is 0. The molecule has 0 amide bonds. The minimum absolute atomic E-state index is 0. The lowest BCUT2D eigenvalue weighted by molar-refractivity contribution is -0.0175. The molecule has 0 saturated carbocycles. The normalized spacial score (nSPS) is 27.8. The molecule has 7 heteroatoms. The van der Waals surface area contributed by atoms with E-state index in [1.165, 1.54) is 5.75 Å². The maximum absolute atomic E-state index is 5.54. The van der Waals surface area contributed by atoms with Gasteiger partial charge >= 0.3 is 0 Å². The number of guanidine groups is 1. The fourth-order valence-electron chi connectivity index (χ4n) is 3.35. The van der Waals surface area contributed by atoms with Crippen molar-refractivity contribution in [2.75, 3.05) is 52.2 Å². The van der Waals surface area contributed by atoms with Crippen molar-refractivity contribution in [1.29, 1.82) is 0 Å². The number of nitrogens with zero attached hydrogens (tertiary/aromatic N) is 3. The molecule has 3 unspecified atom stereocenters. The average molecular weight is 470 g/mol. The van der Waals surface area contributed by atoms with E-state index in [9.17, 15) is 0 Å². The zero-order valence-electron chi connectivity index (χ0n) is 15.8. The smallest absolute Gasteiger partial charge is 0.193 e. The Kier molecular flexibility index (Phi) is 10.3. The van der Waals surface area contributed by atoms with Crippen LogP contribution >= 0.6 is 35.7 Å². The molecule has 0 aromatic heterocycles. The molecule has 2 fully saturated rings. The second-order valence-electron chi connectivity index (χ2n) is 7.04. The third-order valence-electron chi connectivity index (χ3n) is 4.89. The summed E-state index contributed by atoms with van der Waals surface area (Å²) in [4.78, 5) is 9.48. The van der Waals surface area contributed by atoms with E-state index in [4.69, 9.17) is 4.74 Å². The average Bonchev–Trinajstić information content (AvgIpc) is 2.56. The predicted molar refractivity (Wildman–Crippen MR) is 116 cm³/mol. The number of morpholine rings is 1. The monoisotopic (exact) mass is 470 g/mol. The van der Waals surface area contributed by atoms with Crippen LogP contribution in [0.3, 0.4) is 0 Å². The van der Waals surface area contributed by atoms with Crippen LogP contribution in [0.25, 0.3) is 0 Å². The molecule has 0 aromatic rings. The Balaban J connectivity index is 0.00000288. The highest BCUT2D eigenvalue weighted by atomic mass is 127. The first-order valence-corrected chi connectivity index (χ1v) is 9.98. The molecule has 0 radical (unpaired) electrons. The first-order chi connectivity index (χ1) is 11.0. The third kappa shape index (κ3) is 6.21. The lowest BCUT2D eigenvalue weighted by Crippen LogP contribution is -2.54. The maximum atomic E-state index is 5.54. The summed E-state index contributed by atoms with van der Waals surface area (Å²) in [5.41, 5.74) is 0. The lowest BCUT2D eigenvalue weighted by atomic mass is 10.1. The first-order valence-electron chi connectivity index (χ1n) is 8.93. The molecule has 3 atom stereocenters. The number of aliphatic imine (C=N–C) groups is 1. The van der Waals surface area contributed by atoms with Crippen molar-refractivity contribution in [3.05, 3.63) is 0 Å². The van der Waals surface area contributed by atoms with Gasteiger partial charge in [0, 0.05) is 56.3 Å². The number of hydrogen-bond donors (Lipinski definition) is 1. The second-order valence-corrected chi connectivity index (χ2v) is 8.39. The van der Waals surface area contributed by atoms with Crippen molar-refractivity contribution in [1.82, 2.24) is 15.1 Å². The maximum Gasteiger partial charge on any atom is 0.193 e. The Labute approximate surface area is 169 Å². The second kappa shape index (κ2) is 11.1. The number of nitrogens with one attached hydrogen (secondary N) is 1. The molecule has 5 nitrogen and oxygen atoms in total. The third-order valence-corrected chi connectivity index (χ3v) is 6.43. The SMILES string of the molecule is CN=C(NCC(C)N1CCOCC1C)N1CCSC(C(C)C)C1.I. The van der Waals surface area contributed by atoms with E-state index in [0.717, 1.165) is 45.4 Å². The molecule has 2 aliphatic rings. The Morgan fingerprint density at radius 1 is 1.33 bits per heavy atom. The Hall–Kier alpha value is 0.270. The number of ether oxygens (including phenoxy) is 1. The predicted octanol–water partition coefficient (Wildman–Crippen LogP) is 2.36. The summed E-state index contributed by atoms with van der Waals surface area (Å²) in [6.45, 7) is 15.0. The molecule has 2 rings (SSSR count). The van der Waals surface area contributed by atoms with Crippen LogP contribution in [0.1, 0.15) is 27.7 Å². The number of rotatable bonds is 4. The van der Waals surface area contributed by atoms with Gasteiger partial charge in [0.2, 0.25) is 0 Å². The molecule has 0 aromatic carbocycles. The summed E-state index contributed by atoms with van der Waals surface area (Å²) in [5.74, 6) is 2.97. The molecule has 142 valence electrons. The largest absolute Gasteiger partial charge is 0.379 e.